The quantitative estimate of drug-likeness (QED) is 0.673. The number of Topliss-reactive ketones (excluding diaryl/α,β-unsaturated/α-hetero) is 1. The van der Waals surface area contributed by atoms with E-state index in [1.807, 2.05) is 0 Å². The van der Waals surface area contributed by atoms with E-state index in [0.29, 0.717) is 17.6 Å². The number of hydrogen-bond acceptors (Lipinski definition) is 1. The van der Waals surface area contributed by atoms with Crippen molar-refractivity contribution in [3.8, 4) is 0 Å². The normalized spacial score (nSPS) is 28.3. The molecular weight excluding hydrogens is 212 g/mol. The number of allylic oxidation sites excluding steroid dienone is 2. The number of ketones is 1. The van der Waals surface area contributed by atoms with Gasteiger partial charge in [-0.2, -0.15) is 0 Å². The molecule has 0 bridgehead atoms. The number of hydrogen-bond donors (Lipinski definition) is 0. The Morgan fingerprint density at radius 2 is 2.06 bits per heavy atom. The van der Waals surface area contributed by atoms with Crippen LogP contribution in [0, 0.1) is 11.8 Å². The van der Waals surface area contributed by atoms with Crippen LogP contribution in [0.3, 0.4) is 0 Å². The van der Waals surface area contributed by atoms with E-state index in [9.17, 15) is 4.79 Å². The third-order valence-electron chi connectivity index (χ3n) is 4.04. The van der Waals surface area contributed by atoms with Gasteiger partial charge >= 0.3 is 0 Å². The molecule has 0 heterocycles. The first-order valence-electron chi connectivity index (χ1n) is 6.52. The van der Waals surface area contributed by atoms with Gasteiger partial charge in [0.15, 0.2) is 0 Å². The molecule has 92 valence electrons. The third-order valence-corrected chi connectivity index (χ3v) is 6.61. The Balaban J connectivity index is 2.63. The summed E-state index contributed by atoms with van der Waals surface area (Å²) in [6, 6.07) is 0. The van der Waals surface area contributed by atoms with Crippen LogP contribution in [0.2, 0.25) is 19.6 Å². The highest BCUT2D eigenvalue weighted by atomic mass is 28.3. The minimum Gasteiger partial charge on any atom is -0.299 e. The lowest BCUT2D eigenvalue weighted by atomic mass is 9.78. The molecule has 0 spiro atoms. The van der Waals surface area contributed by atoms with Gasteiger partial charge in [0.2, 0.25) is 0 Å². The second-order valence-corrected chi connectivity index (χ2v) is 11.6. The van der Waals surface area contributed by atoms with Crippen molar-refractivity contribution in [3.05, 3.63) is 11.3 Å². The molecule has 1 fully saturated rings. The summed E-state index contributed by atoms with van der Waals surface area (Å²) in [5, 5.41) is 1.54. The van der Waals surface area contributed by atoms with E-state index in [-0.39, 0.29) is 0 Å². The van der Waals surface area contributed by atoms with E-state index >= 15 is 0 Å². The fourth-order valence-corrected chi connectivity index (χ4v) is 3.01. The zero-order valence-electron chi connectivity index (χ0n) is 11.5. The molecule has 1 saturated carbocycles. The average molecular weight is 238 g/mol. The molecule has 1 nitrogen and oxygen atoms in total. The first-order valence-corrected chi connectivity index (χ1v) is 10.0. The summed E-state index contributed by atoms with van der Waals surface area (Å²) in [6.07, 6.45) is 6.48. The summed E-state index contributed by atoms with van der Waals surface area (Å²) in [7, 11) is -1.14. The van der Waals surface area contributed by atoms with Crippen molar-refractivity contribution >= 4 is 13.9 Å². The molecule has 0 N–H and O–H groups in total. The summed E-state index contributed by atoms with van der Waals surface area (Å²) >= 11 is 0. The largest absolute Gasteiger partial charge is 0.299 e. The molecule has 0 unspecified atom stereocenters. The third kappa shape index (κ3) is 3.58. The van der Waals surface area contributed by atoms with Gasteiger partial charge in [-0.15, -0.1) is 0 Å². The van der Waals surface area contributed by atoms with Crippen molar-refractivity contribution in [2.24, 2.45) is 11.8 Å². The number of carbonyl (C=O) groups excluding carboxylic acids is 1. The standard InChI is InChI=1S/C14H26OSi/c1-11-7-6-8-14(15)13(11)10-9-12(2)16(3,4)5/h9,11,13H,6-8,10H2,1-5H3/b12-9+/t11-,13+/m0/s1. The summed E-state index contributed by atoms with van der Waals surface area (Å²) in [5.41, 5.74) is 0. The van der Waals surface area contributed by atoms with Crippen LogP contribution in [0.4, 0.5) is 0 Å². The molecule has 2 atom stereocenters. The lowest BCUT2D eigenvalue weighted by Gasteiger charge is -2.27. The minimum absolute atomic E-state index is 0.306. The van der Waals surface area contributed by atoms with Gasteiger partial charge in [-0.1, -0.05) is 37.8 Å². The summed E-state index contributed by atoms with van der Waals surface area (Å²) in [4.78, 5) is 11.8. The molecule has 0 aromatic carbocycles. The minimum atomic E-state index is -1.14. The Kier molecular flexibility index (Phi) is 4.54. The van der Waals surface area contributed by atoms with Crippen LogP contribution in [0.15, 0.2) is 11.3 Å². The van der Waals surface area contributed by atoms with E-state index in [1.54, 1.807) is 0 Å². The molecule has 0 amide bonds. The van der Waals surface area contributed by atoms with Gasteiger partial charge in [0.25, 0.3) is 0 Å². The van der Waals surface area contributed by atoms with Crippen LogP contribution >= 0.6 is 0 Å². The molecule has 0 aromatic rings. The predicted molar refractivity (Wildman–Crippen MR) is 73.2 cm³/mol. The Bertz CT molecular complexity index is 286. The van der Waals surface area contributed by atoms with Crippen molar-refractivity contribution in [2.45, 2.75) is 59.2 Å². The van der Waals surface area contributed by atoms with Gasteiger partial charge in [0.05, 0.1) is 8.07 Å². The van der Waals surface area contributed by atoms with Crippen molar-refractivity contribution in [1.82, 2.24) is 0 Å². The Hall–Kier alpha value is -0.373. The van der Waals surface area contributed by atoms with Gasteiger partial charge in [0, 0.05) is 12.3 Å². The topological polar surface area (TPSA) is 17.1 Å². The van der Waals surface area contributed by atoms with Gasteiger partial charge in [-0.25, -0.2) is 0 Å². The smallest absolute Gasteiger partial charge is 0.136 e. The molecule has 0 radical (unpaired) electrons. The van der Waals surface area contributed by atoms with Gasteiger partial charge < -0.3 is 0 Å². The van der Waals surface area contributed by atoms with E-state index < -0.39 is 8.07 Å². The maximum Gasteiger partial charge on any atom is 0.136 e. The molecule has 0 saturated heterocycles. The molecule has 1 rings (SSSR count). The SMILES string of the molecule is C/C(=C\C[C@H]1C(=O)CCC[C@@H]1C)[Si](C)(C)C. The number of rotatable bonds is 3. The predicted octanol–water partition coefficient (Wildman–Crippen LogP) is 4.21. The van der Waals surface area contributed by atoms with Crippen LogP contribution < -0.4 is 0 Å². The first-order chi connectivity index (χ1) is 7.32. The summed E-state index contributed by atoms with van der Waals surface area (Å²) < 4.78 is 0. The van der Waals surface area contributed by atoms with Crippen molar-refractivity contribution in [1.29, 1.82) is 0 Å². The van der Waals surface area contributed by atoms with Crippen LogP contribution in [0.25, 0.3) is 0 Å². The molecule has 0 aromatic heterocycles. The second-order valence-electron chi connectivity index (χ2n) is 6.32. The molecule has 1 aliphatic carbocycles. The Morgan fingerprint density at radius 1 is 1.44 bits per heavy atom. The first kappa shape index (κ1) is 13.7. The fraction of sp³-hybridized carbons (Fsp3) is 0.786. The Labute approximate surface area is 101 Å². The lowest BCUT2D eigenvalue weighted by Crippen LogP contribution is -2.27. The highest BCUT2D eigenvalue weighted by molar-refractivity contribution is 6.82. The molecular formula is C14H26OSi. The highest BCUT2D eigenvalue weighted by Gasteiger charge is 2.28. The number of carbonyl (C=O) groups is 1. The van der Waals surface area contributed by atoms with Crippen molar-refractivity contribution in [3.63, 3.8) is 0 Å². The zero-order valence-corrected chi connectivity index (χ0v) is 12.5. The van der Waals surface area contributed by atoms with E-state index in [2.05, 4.69) is 39.6 Å². The van der Waals surface area contributed by atoms with Gasteiger partial charge in [0.1, 0.15) is 5.78 Å². The summed E-state index contributed by atoms with van der Waals surface area (Å²) in [6.45, 7) is 11.6. The lowest BCUT2D eigenvalue weighted by molar-refractivity contribution is -0.126. The van der Waals surface area contributed by atoms with E-state index in [4.69, 9.17) is 0 Å². The van der Waals surface area contributed by atoms with Crippen LogP contribution in [0.1, 0.15) is 39.5 Å². The van der Waals surface area contributed by atoms with E-state index in [1.165, 1.54) is 11.6 Å². The average Bonchev–Trinajstić information content (AvgIpc) is 2.15. The van der Waals surface area contributed by atoms with E-state index in [0.717, 1.165) is 19.3 Å². The molecule has 0 aliphatic heterocycles. The molecule has 2 heteroatoms. The van der Waals surface area contributed by atoms with Gasteiger partial charge in [-0.05, 0) is 32.1 Å². The molecule has 16 heavy (non-hydrogen) atoms. The van der Waals surface area contributed by atoms with Gasteiger partial charge in [-0.3, -0.25) is 4.79 Å². The zero-order chi connectivity index (χ0) is 12.3. The maximum atomic E-state index is 11.8. The summed E-state index contributed by atoms with van der Waals surface area (Å²) in [5.74, 6) is 1.39. The Morgan fingerprint density at radius 3 is 2.56 bits per heavy atom. The molecule has 1 aliphatic rings. The highest BCUT2D eigenvalue weighted by Crippen LogP contribution is 2.30. The fourth-order valence-electron chi connectivity index (χ4n) is 2.28. The van der Waals surface area contributed by atoms with Crippen LogP contribution in [0.5, 0.6) is 0 Å². The van der Waals surface area contributed by atoms with Crippen LogP contribution in [-0.2, 0) is 4.79 Å². The van der Waals surface area contributed by atoms with Crippen molar-refractivity contribution in [2.75, 3.05) is 0 Å². The van der Waals surface area contributed by atoms with Crippen molar-refractivity contribution < 1.29 is 4.79 Å². The van der Waals surface area contributed by atoms with Crippen LogP contribution in [-0.4, -0.2) is 13.9 Å². The monoisotopic (exact) mass is 238 g/mol. The second kappa shape index (κ2) is 5.31. The maximum absolute atomic E-state index is 11.8.